The van der Waals surface area contributed by atoms with Gasteiger partial charge in [0, 0.05) is 12.6 Å². The van der Waals surface area contributed by atoms with Crippen LogP contribution in [0.1, 0.15) is 26.3 Å². The van der Waals surface area contributed by atoms with Gasteiger partial charge in [0.2, 0.25) is 21.8 Å². The number of nitrogens with zero attached hydrogens (tertiary/aromatic N) is 2. The SMILES string of the molecule is CC(C)NC(=O)[C@@H](C)N(CCc1ccccc1)C(=O)CN(c1ccccc1)S(C)(=O)=O. The second-order valence-corrected chi connectivity index (χ2v) is 9.67. The van der Waals surface area contributed by atoms with E-state index in [1.165, 1.54) is 4.90 Å². The first-order valence-electron chi connectivity index (χ1n) is 10.3. The van der Waals surface area contributed by atoms with E-state index in [2.05, 4.69) is 5.32 Å². The number of hydrogen-bond acceptors (Lipinski definition) is 4. The largest absolute Gasteiger partial charge is 0.352 e. The Hall–Kier alpha value is -2.87. The number of hydrogen-bond donors (Lipinski definition) is 1. The number of sulfonamides is 1. The lowest BCUT2D eigenvalue weighted by atomic mass is 10.1. The van der Waals surface area contributed by atoms with E-state index in [1.807, 2.05) is 44.2 Å². The van der Waals surface area contributed by atoms with Crippen molar-refractivity contribution in [2.75, 3.05) is 23.7 Å². The topological polar surface area (TPSA) is 86.8 Å². The average Bonchev–Trinajstić information content (AvgIpc) is 2.72. The van der Waals surface area contributed by atoms with Gasteiger partial charge in [0.25, 0.3) is 0 Å². The van der Waals surface area contributed by atoms with Crippen molar-refractivity contribution >= 4 is 27.5 Å². The van der Waals surface area contributed by atoms with E-state index >= 15 is 0 Å². The van der Waals surface area contributed by atoms with Gasteiger partial charge in [0.1, 0.15) is 12.6 Å². The molecule has 0 fully saturated rings. The second-order valence-electron chi connectivity index (χ2n) is 7.77. The Morgan fingerprint density at radius 2 is 1.48 bits per heavy atom. The molecule has 0 saturated carbocycles. The molecule has 2 aromatic rings. The molecule has 168 valence electrons. The molecule has 7 nitrogen and oxygen atoms in total. The van der Waals surface area contributed by atoms with Gasteiger partial charge in [-0.2, -0.15) is 0 Å². The highest BCUT2D eigenvalue weighted by Gasteiger charge is 2.29. The van der Waals surface area contributed by atoms with Crippen molar-refractivity contribution in [3.8, 4) is 0 Å². The molecule has 0 aromatic heterocycles. The van der Waals surface area contributed by atoms with E-state index in [1.54, 1.807) is 37.3 Å². The third-order valence-electron chi connectivity index (χ3n) is 4.81. The molecule has 0 aliphatic carbocycles. The van der Waals surface area contributed by atoms with E-state index in [0.29, 0.717) is 18.7 Å². The van der Waals surface area contributed by atoms with E-state index in [4.69, 9.17) is 0 Å². The van der Waals surface area contributed by atoms with Crippen LogP contribution in [-0.2, 0) is 26.0 Å². The van der Waals surface area contributed by atoms with Crippen LogP contribution >= 0.6 is 0 Å². The van der Waals surface area contributed by atoms with Crippen LogP contribution < -0.4 is 9.62 Å². The smallest absolute Gasteiger partial charge is 0.244 e. The van der Waals surface area contributed by atoms with Crippen molar-refractivity contribution in [3.63, 3.8) is 0 Å². The lowest BCUT2D eigenvalue weighted by Crippen LogP contribution is -2.53. The molecule has 2 amide bonds. The zero-order chi connectivity index (χ0) is 23.0. The lowest BCUT2D eigenvalue weighted by Gasteiger charge is -2.31. The first-order chi connectivity index (χ1) is 14.6. The predicted octanol–water partition coefficient (Wildman–Crippen LogP) is 2.44. The highest BCUT2D eigenvalue weighted by atomic mass is 32.2. The first-order valence-corrected chi connectivity index (χ1v) is 12.1. The zero-order valence-electron chi connectivity index (χ0n) is 18.5. The molecular weight excluding hydrogens is 414 g/mol. The van der Waals surface area contributed by atoms with Crippen LogP contribution in [0.15, 0.2) is 60.7 Å². The molecule has 0 spiro atoms. The van der Waals surface area contributed by atoms with Crippen molar-refractivity contribution in [2.24, 2.45) is 0 Å². The quantitative estimate of drug-likeness (QED) is 0.609. The molecule has 1 atom stereocenters. The number of carbonyl (C=O) groups excluding carboxylic acids is 2. The monoisotopic (exact) mass is 445 g/mol. The second kappa shape index (κ2) is 10.9. The molecule has 2 aromatic carbocycles. The molecule has 0 aliphatic heterocycles. The number of nitrogens with one attached hydrogen (secondary N) is 1. The number of carbonyl (C=O) groups is 2. The molecule has 0 aliphatic rings. The summed E-state index contributed by atoms with van der Waals surface area (Å²) in [6.45, 7) is 5.27. The van der Waals surface area contributed by atoms with E-state index in [-0.39, 0.29) is 18.5 Å². The molecule has 2 rings (SSSR count). The van der Waals surface area contributed by atoms with Gasteiger partial charge in [-0.25, -0.2) is 8.42 Å². The van der Waals surface area contributed by atoms with Gasteiger partial charge >= 0.3 is 0 Å². The molecule has 0 radical (unpaired) electrons. The molecular formula is C23H31N3O4S. The Kier molecular flexibility index (Phi) is 8.62. The third-order valence-corrected chi connectivity index (χ3v) is 5.95. The summed E-state index contributed by atoms with van der Waals surface area (Å²) in [4.78, 5) is 27.3. The van der Waals surface area contributed by atoms with Gasteiger partial charge < -0.3 is 10.2 Å². The summed E-state index contributed by atoms with van der Waals surface area (Å²) in [6, 6.07) is 17.3. The Morgan fingerprint density at radius 3 is 2.00 bits per heavy atom. The fourth-order valence-electron chi connectivity index (χ4n) is 3.18. The highest BCUT2D eigenvalue weighted by Crippen LogP contribution is 2.17. The van der Waals surface area contributed by atoms with Gasteiger partial charge in [-0.05, 0) is 44.9 Å². The highest BCUT2D eigenvalue weighted by molar-refractivity contribution is 7.92. The predicted molar refractivity (Wildman–Crippen MR) is 123 cm³/mol. The van der Waals surface area contributed by atoms with Crippen LogP contribution in [0.25, 0.3) is 0 Å². The summed E-state index contributed by atoms with van der Waals surface area (Å²) in [5.41, 5.74) is 1.43. The summed E-state index contributed by atoms with van der Waals surface area (Å²) in [5, 5.41) is 2.83. The Bertz CT molecular complexity index is 963. The summed E-state index contributed by atoms with van der Waals surface area (Å²) in [5.74, 6) is -0.710. The van der Waals surface area contributed by atoms with Crippen LogP contribution in [0.3, 0.4) is 0 Å². The number of rotatable bonds is 10. The van der Waals surface area contributed by atoms with Crippen molar-refractivity contribution in [1.82, 2.24) is 10.2 Å². The van der Waals surface area contributed by atoms with Crippen molar-refractivity contribution in [3.05, 3.63) is 66.2 Å². The summed E-state index contributed by atoms with van der Waals surface area (Å²) in [7, 11) is -3.69. The normalized spacial score (nSPS) is 12.3. The summed E-state index contributed by atoms with van der Waals surface area (Å²) < 4.78 is 25.9. The zero-order valence-corrected chi connectivity index (χ0v) is 19.3. The third kappa shape index (κ3) is 7.40. The fraction of sp³-hybridized carbons (Fsp3) is 0.391. The average molecular weight is 446 g/mol. The lowest BCUT2D eigenvalue weighted by molar-refractivity contribution is -0.139. The van der Waals surface area contributed by atoms with Gasteiger partial charge in [-0.1, -0.05) is 48.5 Å². The maximum atomic E-state index is 13.3. The van der Waals surface area contributed by atoms with Crippen LogP contribution in [-0.4, -0.2) is 56.6 Å². The minimum absolute atomic E-state index is 0.0714. The number of anilines is 1. The van der Waals surface area contributed by atoms with E-state index < -0.39 is 22.0 Å². The fourth-order valence-corrected chi connectivity index (χ4v) is 4.03. The summed E-state index contributed by atoms with van der Waals surface area (Å²) in [6.07, 6.45) is 1.62. The number of amides is 2. The Morgan fingerprint density at radius 1 is 0.935 bits per heavy atom. The van der Waals surface area contributed by atoms with Crippen molar-refractivity contribution < 1.29 is 18.0 Å². The molecule has 8 heteroatoms. The van der Waals surface area contributed by atoms with E-state index in [0.717, 1.165) is 16.1 Å². The van der Waals surface area contributed by atoms with Gasteiger partial charge in [-0.3, -0.25) is 13.9 Å². The van der Waals surface area contributed by atoms with Gasteiger partial charge in [0.05, 0.1) is 11.9 Å². The van der Waals surface area contributed by atoms with Crippen molar-refractivity contribution in [2.45, 2.75) is 39.3 Å². The van der Waals surface area contributed by atoms with Crippen molar-refractivity contribution in [1.29, 1.82) is 0 Å². The van der Waals surface area contributed by atoms with Crippen LogP contribution in [0, 0.1) is 0 Å². The minimum atomic E-state index is -3.69. The maximum Gasteiger partial charge on any atom is 0.244 e. The molecule has 0 unspecified atom stereocenters. The molecule has 31 heavy (non-hydrogen) atoms. The van der Waals surface area contributed by atoms with Crippen LogP contribution in [0.5, 0.6) is 0 Å². The molecule has 0 saturated heterocycles. The standard InChI is InChI=1S/C23H31N3O4S/c1-18(2)24-23(28)19(3)25(16-15-20-11-7-5-8-12-20)22(27)17-26(31(4,29)30)21-13-9-6-10-14-21/h5-14,18-19H,15-17H2,1-4H3,(H,24,28)/t19-/m1/s1. The van der Waals surface area contributed by atoms with Gasteiger partial charge in [0.15, 0.2) is 0 Å². The maximum absolute atomic E-state index is 13.3. The minimum Gasteiger partial charge on any atom is -0.352 e. The number of benzene rings is 2. The molecule has 0 heterocycles. The van der Waals surface area contributed by atoms with Gasteiger partial charge in [-0.15, -0.1) is 0 Å². The Balaban J connectivity index is 2.27. The van der Waals surface area contributed by atoms with E-state index in [9.17, 15) is 18.0 Å². The first kappa shape index (κ1) is 24.4. The summed E-state index contributed by atoms with van der Waals surface area (Å²) >= 11 is 0. The Labute approximate surface area is 185 Å². The molecule has 1 N–H and O–H groups in total. The van der Waals surface area contributed by atoms with Crippen LogP contribution in [0.2, 0.25) is 0 Å². The molecule has 0 bridgehead atoms. The van der Waals surface area contributed by atoms with Crippen LogP contribution in [0.4, 0.5) is 5.69 Å². The number of para-hydroxylation sites is 1.